The quantitative estimate of drug-likeness (QED) is 0.719. The van der Waals surface area contributed by atoms with E-state index < -0.39 is 0 Å². The first kappa shape index (κ1) is 13.4. The van der Waals surface area contributed by atoms with E-state index in [0.717, 1.165) is 19.3 Å². The van der Waals surface area contributed by atoms with Gasteiger partial charge in [-0.15, -0.1) is 0 Å². The van der Waals surface area contributed by atoms with Crippen molar-refractivity contribution in [2.75, 3.05) is 0 Å². The molecule has 0 aromatic rings. The van der Waals surface area contributed by atoms with Crippen molar-refractivity contribution < 1.29 is 4.74 Å². The van der Waals surface area contributed by atoms with Crippen LogP contribution < -0.4 is 0 Å². The predicted molar refractivity (Wildman–Crippen MR) is 75.7 cm³/mol. The van der Waals surface area contributed by atoms with Gasteiger partial charge in [0, 0.05) is 0 Å². The average Bonchev–Trinajstić information content (AvgIpc) is 2.83. The molecule has 1 aliphatic heterocycles. The van der Waals surface area contributed by atoms with Crippen molar-refractivity contribution in [1.82, 2.24) is 0 Å². The molecule has 1 heterocycles. The van der Waals surface area contributed by atoms with Crippen LogP contribution in [0.1, 0.15) is 83.5 Å². The Balaban J connectivity index is 1.60. The maximum absolute atomic E-state index is 9.60. The van der Waals surface area contributed by atoms with Gasteiger partial charge in [0.15, 0.2) is 0 Å². The lowest BCUT2D eigenvalue weighted by Crippen LogP contribution is -2.33. The first-order valence-electron chi connectivity index (χ1n) is 8.35. The fourth-order valence-electron chi connectivity index (χ4n) is 4.63. The number of nitriles is 1. The highest BCUT2D eigenvalue weighted by Crippen LogP contribution is 2.47. The Hall–Kier alpha value is -0.550. The minimum absolute atomic E-state index is 0.0525. The summed E-state index contributed by atoms with van der Waals surface area (Å²) in [6.45, 7) is 0. The summed E-state index contributed by atoms with van der Waals surface area (Å²) < 4.78 is 6.47. The molecule has 3 aliphatic rings. The lowest BCUT2D eigenvalue weighted by atomic mass is 9.71. The molecule has 0 aromatic carbocycles. The molecule has 0 bridgehead atoms. The van der Waals surface area contributed by atoms with Crippen molar-refractivity contribution in [3.63, 3.8) is 0 Å². The van der Waals surface area contributed by atoms with Gasteiger partial charge in [0.1, 0.15) is 0 Å². The first-order chi connectivity index (χ1) is 9.26. The molecule has 2 nitrogen and oxygen atoms in total. The zero-order valence-electron chi connectivity index (χ0n) is 12.1. The van der Waals surface area contributed by atoms with Crippen LogP contribution in [0.25, 0.3) is 0 Å². The van der Waals surface area contributed by atoms with Crippen molar-refractivity contribution in [3.05, 3.63) is 0 Å². The molecule has 2 aliphatic carbocycles. The Morgan fingerprint density at radius 2 is 1.53 bits per heavy atom. The molecule has 2 heteroatoms. The third-order valence-corrected chi connectivity index (χ3v) is 5.77. The third kappa shape index (κ3) is 2.82. The van der Waals surface area contributed by atoms with E-state index >= 15 is 0 Å². The number of hydrogen-bond acceptors (Lipinski definition) is 2. The van der Waals surface area contributed by atoms with Gasteiger partial charge in [-0.1, -0.05) is 38.5 Å². The Bertz CT molecular complexity index is 345. The van der Waals surface area contributed by atoms with Gasteiger partial charge in [-0.05, 0) is 44.9 Å². The lowest BCUT2D eigenvalue weighted by Gasteiger charge is -2.36. The van der Waals surface area contributed by atoms with Gasteiger partial charge in [0.05, 0.1) is 23.2 Å². The van der Waals surface area contributed by atoms with E-state index in [1.165, 1.54) is 64.2 Å². The van der Waals surface area contributed by atoms with Crippen molar-refractivity contribution in [2.45, 2.75) is 95.2 Å². The summed E-state index contributed by atoms with van der Waals surface area (Å²) in [5.74, 6) is 0. The SMILES string of the molecule is N#CC1(CC2CCC3(CCCCC3)O2)CCCCC1. The van der Waals surface area contributed by atoms with Crippen molar-refractivity contribution in [2.24, 2.45) is 5.41 Å². The van der Waals surface area contributed by atoms with Crippen LogP contribution in [0.3, 0.4) is 0 Å². The van der Waals surface area contributed by atoms with E-state index in [0.29, 0.717) is 6.10 Å². The van der Waals surface area contributed by atoms with Gasteiger partial charge < -0.3 is 4.74 Å². The van der Waals surface area contributed by atoms with Gasteiger partial charge in [-0.2, -0.15) is 5.26 Å². The summed E-state index contributed by atoms with van der Waals surface area (Å²) in [6, 6.07) is 2.66. The molecule has 1 atom stereocenters. The van der Waals surface area contributed by atoms with Crippen LogP contribution in [0, 0.1) is 16.7 Å². The second-order valence-electron chi connectivity index (χ2n) is 7.18. The number of nitrogens with zero attached hydrogens (tertiary/aromatic N) is 1. The van der Waals surface area contributed by atoms with Gasteiger partial charge in [0.2, 0.25) is 0 Å². The van der Waals surface area contributed by atoms with Crippen LogP contribution >= 0.6 is 0 Å². The molecular weight excluding hydrogens is 234 g/mol. The summed E-state index contributed by atoms with van der Waals surface area (Å²) in [6.07, 6.45) is 16.4. The molecule has 3 fully saturated rings. The monoisotopic (exact) mass is 261 g/mol. The lowest BCUT2D eigenvalue weighted by molar-refractivity contribution is -0.0753. The molecule has 3 rings (SSSR count). The Morgan fingerprint density at radius 3 is 2.16 bits per heavy atom. The molecule has 0 amide bonds. The maximum atomic E-state index is 9.60. The van der Waals surface area contributed by atoms with Crippen molar-refractivity contribution in [1.29, 1.82) is 5.26 Å². The van der Waals surface area contributed by atoms with Crippen LogP contribution in [0.4, 0.5) is 0 Å². The topological polar surface area (TPSA) is 33.0 Å². The molecule has 106 valence electrons. The van der Waals surface area contributed by atoms with Gasteiger partial charge in [0.25, 0.3) is 0 Å². The fourth-order valence-corrected chi connectivity index (χ4v) is 4.63. The average molecular weight is 261 g/mol. The third-order valence-electron chi connectivity index (χ3n) is 5.77. The highest BCUT2D eigenvalue weighted by molar-refractivity contribution is 5.03. The Kier molecular flexibility index (Phi) is 3.85. The maximum Gasteiger partial charge on any atom is 0.0690 e. The van der Waals surface area contributed by atoms with E-state index in [2.05, 4.69) is 6.07 Å². The van der Waals surface area contributed by atoms with Crippen molar-refractivity contribution >= 4 is 0 Å². The molecule has 1 saturated heterocycles. The molecule has 2 saturated carbocycles. The second kappa shape index (κ2) is 5.44. The molecule has 19 heavy (non-hydrogen) atoms. The zero-order valence-corrected chi connectivity index (χ0v) is 12.1. The van der Waals surface area contributed by atoms with Crippen LogP contribution in [-0.2, 0) is 4.74 Å². The molecule has 0 aromatic heterocycles. The molecular formula is C17H27NO. The standard InChI is InChI=1S/C17H27NO/c18-14-16(8-3-1-4-9-16)13-15-7-12-17(19-15)10-5-2-6-11-17/h15H,1-13H2. The highest BCUT2D eigenvalue weighted by Gasteiger charge is 2.44. The molecule has 1 spiro atoms. The second-order valence-corrected chi connectivity index (χ2v) is 7.18. The number of hydrogen-bond donors (Lipinski definition) is 0. The molecule has 0 radical (unpaired) electrons. The van der Waals surface area contributed by atoms with Crippen LogP contribution in [0.5, 0.6) is 0 Å². The largest absolute Gasteiger partial charge is 0.372 e. The van der Waals surface area contributed by atoms with Crippen LogP contribution in [0.15, 0.2) is 0 Å². The summed E-state index contributed by atoms with van der Waals surface area (Å²) >= 11 is 0. The van der Waals surface area contributed by atoms with Gasteiger partial charge >= 0.3 is 0 Å². The fraction of sp³-hybridized carbons (Fsp3) is 0.941. The van der Waals surface area contributed by atoms with E-state index in [-0.39, 0.29) is 11.0 Å². The predicted octanol–water partition coefficient (Wildman–Crippen LogP) is 4.73. The van der Waals surface area contributed by atoms with Crippen molar-refractivity contribution in [3.8, 4) is 6.07 Å². The Labute approximate surface area is 117 Å². The van der Waals surface area contributed by atoms with E-state index in [9.17, 15) is 5.26 Å². The van der Waals surface area contributed by atoms with Gasteiger partial charge in [-0.3, -0.25) is 0 Å². The van der Waals surface area contributed by atoms with Crippen LogP contribution in [-0.4, -0.2) is 11.7 Å². The van der Waals surface area contributed by atoms with E-state index in [1.807, 2.05) is 0 Å². The zero-order chi connectivity index (χ0) is 13.2. The first-order valence-corrected chi connectivity index (χ1v) is 8.35. The van der Waals surface area contributed by atoms with E-state index in [4.69, 9.17) is 4.74 Å². The highest BCUT2D eigenvalue weighted by atomic mass is 16.5. The van der Waals surface area contributed by atoms with Gasteiger partial charge in [-0.25, -0.2) is 0 Å². The summed E-state index contributed by atoms with van der Waals surface area (Å²) in [5, 5.41) is 9.60. The minimum Gasteiger partial charge on any atom is -0.372 e. The summed E-state index contributed by atoms with van der Waals surface area (Å²) in [4.78, 5) is 0. The normalized spacial score (nSPS) is 33.1. The number of ether oxygens (including phenoxy) is 1. The smallest absolute Gasteiger partial charge is 0.0690 e. The molecule has 0 N–H and O–H groups in total. The summed E-state index contributed by atoms with van der Waals surface area (Å²) in [7, 11) is 0. The summed E-state index contributed by atoms with van der Waals surface area (Å²) in [5.41, 5.74) is 0.164. The minimum atomic E-state index is -0.0525. The van der Waals surface area contributed by atoms with E-state index in [1.54, 1.807) is 0 Å². The Morgan fingerprint density at radius 1 is 0.895 bits per heavy atom. The number of rotatable bonds is 2. The van der Waals surface area contributed by atoms with Crippen LogP contribution in [0.2, 0.25) is 0 Å². The molecule has 1 unspecified atom stereocenters.